The summed E-state index contributed by atoms with van der Waals surface area (Å²) in [6.07, 6.45) is 0. The number of thiophene rings is 1. The molecule has 0 nitrogen and oxygen atoms in total. The number of hydrogen-bond donors (Lipinski definition) is 0. The van der Waals surface area contributed by atoms with Gasteiger partial charge in [0.25, 0.3) is 0 Å². The topological polar surface area (TPSA) is 0 Å². The highest BCUT2D eigenvalue weighted by atomic mass is 79.9. The van der Waals surface area contributed by atoms with Crippen molar-refractivity contribution in [1.82, 2.24) is 0 Å². The van der Waals surface area contributed by atoms with Gasteiger partial charge in [-0.3, -0.25) is 0 Å². The van der Waals surface area contributed by atoms with Gasteiger partial charge in [-0.25, -0.2) is 22.0 Å². The van der Waals surface area contributed by atoms with Gasteiger partial charge in [0, 0.05) is 4.88 Å². The summed E-state index contributed by atoms with van der Waals surface area (Å²) in [7, 11) is 0. The zero-order valence-electron chi connectivity index (χ0n) is 9.71. The van der Waals surface area contributed by atoms with E-state index in [0.717, 1.165) is 0 Å². The molecule has 2 rings (SSSR count). The summed E-state index contributed by atoms with van der Waals surface area (Å²) in [5, 5.41) is -1.47. The molecule has 1 heterocycles. The molecule has 0 saturated heterocycles. The van der Waals surface area contributed by atoms with Gasteiger partial charge in [0.2, 0.25) is 5.82 Å². The predicted molar refractivity (Wildman–Crippen MR) is 70.7 cm³/mol. The van der Waals surface area contributed by atoms with Gasteiger partial charge in [-0.1, -0.05) is 0 Å². The van der Waals surface area contributed by atoms with E-state index in [0.29, 0.717) is 8.66 Å². The summed E-state index contributed by atoms with van der Waals surface area (Å²) in [6, 6.07) is 1.48. The quantitative estimate of drug-likeness (QED) is 0.261. The maximum Gasteiger partial charge on any atom is 0.200 e. The van der Waals surface area contributed by atoms with Gasteiger partial charge < -0.3 is 0 Å². The largest absolute Gasteiger partial charge is 0.203 e. The highest BCUT2D eigenvalue weighted by Crippen LogP contribution is 2.40. The van der Waals surface area contributed by atoms with Crippen molar-refractivity contribution >= 4 is 38.9 Å². The molecule has 0 saturated carbocycles. The molecule has 0 aliphatic heterocycles. The second-order valence-corrected chi connectivity index (χ2v) is 6.98. The fraction of sp³-hybridized carbons (Fsp3) is 0.167. The minimum atomic E-state index is -2.20. The molecule has 0 aliphatic rings. The molecule has 1 aromatic carbocycles. The minimum absolute atomic E-state index is 0.284. The minimum Gasteiger partial charge on any atom is -0.203 e. The Bertz CT molecular complexity index is 656. The average molecular weight is 392 g/mol. The zero-order valence-corrected chi connectivity index (χ0v) is 12.9. The van der Waals surface area contributed by atoms with E-state index in [2.05, 4.69) is 15.9 Å². The van der Waals surface area contributed by atoms with E-state index in [4.69, 9.17) is 11.6 Å². The molecule has 0 aliphatic carbocycles. The Labute approximate surface area is 128 Å². The van der Waals surface area contributed by atoms with E-state index in [1.54, 1.807) is 6.92 Å². The molecule has 0 amide bonds. The van der Waals surface area contributed by atoms with Crippen LogP contribution in [0.2, 0.25) is 0 Å². The smallest absolute Gasteiger partial charge is 0.200 e. The Morgan fingerprint density at radius 3 is 1.85 bits per heavy atom. The van der Waals surface area contributed by atoms with Crippen LogP contribution in [0.3, 0.4) is 0 Å². The molecule has 0 spiro atoms. The van der Waals surface area contributed by atoms with Gasteiger partial charge in [0.05, 0.1) is 14.7 Å². The highest BCUT2D eigenvalue weighted by Gasteiger charge is 2.31. The second-order valence-electron chi connectivity index (χ2n) is 3.91. The molecule has 0 bridgehead atoms. The van der Waals surface area contributed by atoms with E-state index in [9.17, 15) is 22.0 Å². The molecule has 0 fully saturated rings. The van der Waals surface area contributed by atoms with Crippen molar-refractivity contribution in [1.29, 1.82) is 0 Å². The highest BCUT2D eigenvalue weighted by molar-refractivity contribution is 9.11. The number of benzene rings is 1. The molecule has 8 heteroatoms. The second kappa shape index (κ2) is 5.61. The van der Waals surface area contributed by atoms with Crippen LogP contribution in [-0.2, 0) is 0 Å². The fourth-order valence-corrected chi connectivity index (χ4v) is 3.94. The van der Waals surface area contributed by atoms with Gasteiger partial charge in [-0.15, -0.1) is 22.9 Å². The number of hydrogen-bond acceptors (Lipinski definition) is 1. The Balaban J connectivity index is 2.67. The first-order chi connectivity index (χ1) is 9.25. The van der Waals surface area contributed by atoms with Crippen LogP contribution in [0, 0.1) is 36.0 Å². The first-order valence-electron chi connectivity index (χ1n) is 5.17. The first kappa shape index (κ1) is 15.7. The number of alkyl halides is 1. The molecule has 108 valence electrons. The maximum absolute atomic E-state index is 13.7. The van der Waals surface area contributed by atoms with Crippen molar-refractivity contribution < 1.29 is 22.0 Å². The number of halogens is 7. The normalized spacial score (nSPS) is 12.8. The van der Waals surface area contributed by atoms with Crippen LogP contribution in [-0.4, -0.2) is 0 Å². The lowest BCUT2D eigenvalue weighted by atomic mass is 10.0. The van der Waals surface area contributed by atoms with Gasteiger partial charge in [0.1, 0.15) is 0 Å². The zero-order chi connectivity index (χ0) is 15.2. The van der Waals surface area contributed by atoms with E-state index < -0.39 is 40.0 Å². The van der Waals surface area contributed by atoms with E-state index >= 15 is 0 Å². The van der Waals surface area contributed by atoms with Gasteiger partial charge in [-0.2, -0.15) is 0 Å². The third kappa shape index (κ3) is 2.46. The Morgan fingerprint density at radius 1 is 1.00 bits per heavy atom. The van der Waals surface area contributed by atoms with Crippen molar-refractivity contribution in [3.8, 4) is 0 Å². The molecule has 20 heavy (non-hydrogen) atoms. The Kier molecular flexibility index (Phi) is 4.41. The first-order valence-corrected chi connectivity index (χ1v) is 7.21. The van der Waals surface area contributed by atoms with Crippen LogP contribution >= 0.6 is 38.9 Å². The van der Waals surface area contributed by atoms with Gasteiger partial charge in [0.15, 0.2) is 23.3 Å². The van der Waals surface area contributed by atoms with Crippen molar-refractivity contribution in [2.75, 3.05) is 0 Å². The summed E-state index contributed by atoms with van der Waals surface area (Å²) < 4.78 is 67.3. The molecule has 1 atom stereocenters. The van der Waals surface area contributed by atoms with E-state index in [1.165, 1.54) is 17.4 Å². The summed E-state index contributed by atoms with van der Waals surface area (Å²) in [5.74, 6) is -10.0. The van der Waals surface area contributed by atoms with Gasteiger partial charge in [-0.05, 0) is 34.5 Å². The third-order valence-corrected chi connectivity index (χ3v) is 4.72. The fourth-order valence-electron chi connectivity index (χ4n) is 1.71. The van der Waals surface area contributed by atoms with Crippen molar-refractivity contribution in [3.05, 3.63) is 54.9 Å². The maximum atomic E-state index is 13.7. The summed E-state index contributed by atoms with van der Waals surface area (Å²) in [6.45, 7) is 1.63. The van der Waals surface area contributed by atoms with Crippen molar-refractivity contribution in [3.63, 3.8) is 0 Å². The lowest BCUT2D eigenvalue weighted by Gasteiger charge is -2.13. The predicted octanol–water partition coefficient (Wildman–Crippen LogP) is 5.84. The van der Waals surface area contributed by atoms with E-state index in [-0.39, 0.29) is 5.56 Å². The molecule has 1 aromatic heterocycles. The Hall–Kier alpha value is -0.660. The number of aryl methyl sites for hydroxylation is 1. The van der Waals surface area contributed by atoms with E-state index in [1.807, 2.05) is 0 Å². The average Bonchev–Trinajstić information content (AvgIpc) is 2.73. The molecule has 1 unspecified atom stereocenters. The number of rotatable bonds is 2. The van der Waals surface area contributed by atoms with Crippen LogP contribution in [0.5, 0.6) is 0 Å². The van der Waals surface area contributed by atoms with Crippen LogP contribution in [0.15, 0.2) is 9.85 Å². The SMILES string of the molecule is Cc1sc(Br)cc1C(Cl)c1c(F)c(F)c(F)c(F)c1F. The standard InChI is InChI=1S/C12H5BrClF5S/c1-3-4(2-5(13)20-3)7(14)6-8(15)10(17)12(19)11(18)9(6)16/h2,7H,1H3. The van der Waals surface area contributed by atoms with Crippen LogP contribution < -0.4 is 0 Å². The monoisotopic (exact) mass is 390 g/mol. The molecule has 0 N–H and O–H groups in total. The van der Waals surface area contributed by atoms with Crippen LogP contribution in [0.4, 0.5) is 22.0 Å². The Morgan fingerprint density at radius 2 is 1.45 bits per heavy atom. The molecular formula is C12H5BrClF5S. The molecule has 2 aromatic rings. The van der Waals surface area contributed by atoms with Crippen molar-refractivity contribution in [2.45, 2.75) is 12.3 Å². The molecular weight excluding hydrogens is 387 g/mol. The summed E-state index contributed by atoms with van der Waals surface area (Å²) in [4.78, 5) is 0.612. The molecule has 0 radical (unpaired) electrons. The van der Waals surface area contributed by atoms with Crippen LogP contribution in [0.1, 0.15) is 21.4 Å². The van der Waals surface area contributed by atoms with Crippen LogP contribution in [0.25, 0.3) is 0 Å². The lowest BCUT2D eigenvalue weighted by Crippen LogP contribution is -2.09. The third-order valence-electron chi connectivity index (χ3n) is 2.70. The van der Waals surface area contributed by atoms with Gasteiger partial charge >= 0.3 is 0 Å². The van der Waals surface area contributed by atoms with Crippen molar-refractivity contribution in [2.24, 2.45) is 0 Å². The lowest BCUT2D eigenvalue weighted by molar-refractivity contribution is 0.370. The summed E-state index contributed by atoms with van der Waals surface area (Å²) >= 11 is 10.3. The summed E-state index contributed by atoms with van der Waals surface area (Å²) in [5.41, 5.74) is -0.761.